The smallest absolute Gasteiger partial charge is 0.354 e. The van der Waals surface area contributed by atoms with Gasteiger partial charge < -0.3 is 10.4 Å². The van der Waals surface area contributed by atoms with Gasteiger partial charge in [0, 0.05) is 11.1 Å². The van der Waals surface area contributed by atoms with Gasteiger partial charge in [0.2, 0.25) is 5.03 Å². The molecule has 0 bridgehead atoms. The van der Waals surface area contributed by atoms with E-state index in [0.29, 0.717) is 5.69 Å². The highest BCUT2D eigenvalue weighted by molar-refractivity contribution is 7.91. The van der Waals surface area contributed by atoms with Crippen molar-refractivity contribution in [3.05, 3.63) is 34.5 Å². The van der Waals surface area contributed by atoms with E-state index in [2.05, 4.69) is 14.8 Å². The maximum atomic E-state index is 14.3. The Balaban J connectivity index is 1.47. The number of fused-ring (bicyclic) bond motifs is 3. The van der Waals surface area contributed by atoms with E-state index in [1.165, 1.54) is 6.92 Å². The molecule has 1 fully saturated rings. The summed E-state index contributed by atoms with van der Waals surface area (Å²) in [6, 6.07) is -0.892. The highest BCUT2D eigenvalue weighted by atomic mass is 32.2. The lowest BCUT2D eigenvalue weighted by Crippen LogP contribution is -2.21. The van der Waals surface area contributed by atoms with Crippen LogP contribution in [0.15, 0.2) is 15.6 Å². The quantitative estimate of drug-likeness (QED) is 0.659. The van der Waals surface area contributed by atoms with Crippen molar-refractivity contribution < 1.29 is 18.5 Å². The number of halogens is 1. The second-order valence-electron chi connectivity index (χ2n) is 8.82. The van der Waals surface area contributed by atoms with Gasteiger partial charge in [-0.05, 0) is 63.0 Å². The molecular weight excluding hydrogens is 423 g/mol. The van der Waals surface area contributed by atoms with Crippen LogP contribution in [0.1, 0.15) is 55.1 Å². The van der Waals surface area contributed by atoms with Crippen LogP contribution in [0.4, 0.5) is 14.9 Å². The van der Waals surface area contributed by atoms with Crippen molar-refractivity contribution in [2.75, 3.05) is 5.32 Å². The zero-order valence-corrected chi connectivity index (χ0v) is 18.0. The molecule has 0 aliphatic heterocycles. The Morgan fingerprint density at radius 2 is 2.16 bits per heavy atom. The van der Waals surface area contributed by atoms with E-state index in [4.69, 9.17) is 10.1 Å². The van der Waals surface area contributed by atoms with E-state index in [-0.39, 0.29) is 12.0 Å². The molecule has 2 aromatic rings. The van der Waals surface area contributed by atoms with Gasteiger partial charge in [0.1, 0.15) is 0 Å². The molecule has 2 aromatic heterocycles. The highest BCUT2D eigenvalue weighted by Crippen LogP contribution is 2.58. The molecule has 2 heterocycles. The average Bonchev–Trinajstić information content (AvgIpc) is 2.97. The van der Waals surface area contributed by atoms with E-state index in [0.717, 1.165) is 78.3 Å². The summed E-state index contributed by atoms with van der Waals surface area (Å²) in [4.78, 5) is 17.7. The van der Waals surface area contributed by atoms with Gasteiger partial charge in [0.05, 0.1) is 30.2 Å². The third-order valence-electron chi connectivity index (χ3n) is 6.40. The van der Waals surface area contributed by atoms with Crippen molar-refractivity contribution in [2.45, 2.75) is 75.0 Å². The number of carbonyl (C=O) groups excluding carboxylic acids is 1. The predicted molar refractivity (Wildman–Crippen MR) is 111 cm³/mol. The first kappa shape index (κ1) is 20.5. The zero-order valence-electron chi connectivity index (χ0n) is 17.2. The monoisotopic (exact) mass is 448 g/mol. The van der Waals surface area contributed by atoms with Gasteiger partial charge in [-0.25, -0.2) is 18.5 Å². The molecule has 0 unspecified atom stereocenters. The van der Waals surface area contributed by atoms with Gasteiger partial charge in [0.15, 0.2) is 15.7 Å². The number of hydrogen-bond acceptors (Lipinski definition) is 5. The Kier molecular flexibility index (Phi) is 4.68. The van der Waals surface area contributed by atoms with Crippen molar-refractivity contribution in [1.82, 2.24) is 14.8 Å². The number of aliphatic hydroxyl groups excluding tert-OH is 1. The SMILES string of the molecule is C[C@@H](O)Cn1cc(F)c([S@@](N)(=O)=NC(=O)Nc2c3c(nc4c2CCC42CC2)CCC3)n1. The number of urea groups is 1. The molecule has 0 aromatic carbocycles. The number of rotatable bonds is 4. The number of nitrogens with one attached hydrogen (secondary N) is 1. The Bertz CT molecular complexity index is 1210. The third-order valence-corrected chi connectivity index (χ3v) is 7.67. The summed E-state index contributed by atoms with van der Waals surface area (Å²) in [5.41, 5.74) is 5.02. The molecule has 9 nitrogen and oxygen atoms in total. The largest absolute Gasteiger partial charge is 0.391 e. The van der Waals surface area contributed by atoms with Crippen LogP contribution in [0, 0.1) is 5.82 Å². The fourth-order valence-corrected chi connectivity index (χ4v) is 5.75. The van der Waals surface area contributed by atoms with Crippen LogP contribution in [-0.4, -0.2) is 36.2 Å². The molecule has 0 saturated heterocycles. The van der Waals surface area contributed by atoms with Crippen molar-refractivity contribution in [3.8, 4) is 0 Å². The number of amides is 2. The van der Waals surface area contributed by atoms with Crippen LogP contribution in [0.25, 0.3) is 0 Å². The lowest BCUT2D eigenvalue weighted by Gasteiger charge is -2.16. The first-order chi connectivity index (χ1) is 14.7. The van der Waals surface area contributed by atoms with Crippen molar-refractivity contribution >= 4 is 21.6 Å². The summed E-state index contributed by atoms with van der Waals surface area (Å²) in [5.74, 6) is -0.939. The zero-order chi connectivity index (χ0) is 22.0. The maximum Gasteiger partial charge on any atom is 0.354 e. The van der Waals surface area contributed by atoms with Crippen LogP contribution in [0.5, 0.6) is 0 Å². The van der Waals surface area contributed by atoms with Crippen LogP contribution < -0.4 is 10.5 Å². The van der Waals surface area contributed by atoms with Crippen LogP contribution in [0.3, 0.4) is 0 Å². The molecule has 0 radical (unpaired) electrons. The Morgan fingerprint density at radius 1 is 1.39 bits per heavy atom. The molecule has 1 saturated carbocycles. The molecule has 11 heteroatoms. The number of aromatic nitrogens is 3. The Morgan fingerprint density at radius 3 is 2.87 bits per heavy atom. The van der Waals surface area contributed by atoms with Crippen LogP contribution in [0.2, 0.25) is 0 Å². The minimum absolute atomic E-state index is 0.00429. The minimum Gasteiger partial charge on any atom is -0.391 e. The van der Waals surface area contributed by atoms with Gasteiger partial charge in [-0.1, -0.05) is 0 Å². The number of aliphatic hydroxyl groups is 1. The fraction of sp³-hybridized carbons (Fsp3) is 0.550. The lowest BCUT2D eigenvalue weighted by atomic mass is 10.0. The summed E-state index contributed by atoms with van der Waals surface area (Å²) in [5, 5.41) is 21.2. The molecule has 31 heavy (non-hydrogen) atoms. The summed E-state index contributed by atoms with van der Waals surface area (Å²) in [6.45, 7) is 1.50. The summed E-state index contributed by atoms with van der Waals surface area (Å²) in [6.07, 6.45) is 6.94. The second kappa shape index (κ2) is 7.07. The highest BCUT2D eigenvalue weighted by Gasteiger charge is 2.51. The standard InChI is InChI=1S/C20H25FN6O3S/c1-11(28)9-27-10-14(21)18(25-27)31(22,30)26-19(29)24-16-12-3-2-4-15(12)23-17-13(16)5-6-20(17)7-8-20/h10-11,28H,2-9H2,1H3,(H3,22,23,24,26,29,30)/t11-,31+/m1/s1. The summed E-state index contributed by atoms with van der Waals surface area (Å²) < 4.78 is 31.8. The van der Waals surface area contributed by atoms with Gasteiger partial charge in [-0.2, -0.15) is 5.10 Å². The number of aryl methyl sites for hydroxylation is 1. The molecule has 2 atom stereocenters. The first-order valence-corrected chi connectivity index (χ1v) is 12.1. The number of nitrogens with two attached hydrogens (primary N) is 1. The molecule has 2 amide bonds. The van der Waals surface area contributed by atoms with E-state index in [9.17, 15) is 18.5 Å². The Hall–Kier alpha value is -2.37. The molecular formula is C20H25FN6O3S. The number of pyridine rings is 1. The lowest BCUT2D eigenvalue weighted by molar-refractivity contribution is 0.168. The Labute approximate surface area is 179 Å². The number of carbonyl (C=O) groups is 1. The van der Waals surface area contributed by atoms with Gasteiger partial charge in [-0.15, -0.1) is 4.36 Å². The molecule has 166 valence electrons. The normalized spacial score (nSPS) is 20.8. The maximum absolute atomic E-state index is 14.3. The van der Waals surface area contributed by atoms with E-state index in [1.54, 1.807) is 0 Å². The number of hydrogen-bond donors (Lipinski definition) is 3. The van der Waals surface area contributed by atoms with Crippen molar-refractivity contribution in [2.24, 2.45) is 9.50 Å². The average molecular weight is 449 g/mol. The van der Waals surface area contributed by atoms with E-state index in [1.807, 2.05) is 0 Å². The summed E-state index contributed by atoms with van der Waals surface area (Å²) in [7, 11) is -3.91. The summed E-state index contributed by atoms with van der Waals surface area (Å²) >= 11 is 0. The fourth-order valence-electron chi connectivity index (χ4n) is 4.81. The van der Waals surface area contributed by atoms with Crippen LogP contribution >= 0.6 is 0 Å². The van der Waals surface area contributed by atoms with Gasteiger partial charge in [-0.3, -0.25) is 9.67 Å². The minimum atomic E-state index is -3.91. The molecule has 3 aliphatic rings. The van der Waals surface area contributed by atoms with Crippen molar-refractivity contribution in [1.29, 1.82) is 0 Å². The predicted octanol–water partition coefficient (Wildman–Crippen LogP) is 2.20. The molecule has 5 rings (SSSR count). The number of anilines is 1. The topological polar surface area (TPSA) is 135 Å². The van der Waals surface area contributed by atoms with E-state index >= 15 is 0 Å². The molecule has 3 aliphatic carbocycles. The van der Waals surface area contributed by atoms with Gasteiger partial charge >= 0.3 is 6.03 Å². The molecule has 1 spiro atoms. The first-order valence-electron chi connectivity index (χ1n) is 10.5. The van der Waals surface area contributed by atoms with Crippen LogP contribution in [-0.2, 0) is 41.1 Å². The third kappa shape index (κ3) is 3.54. The number of nitrogens with zero attached hydrogens (tertiary/aromatic N) is 4. The molecule has 4 N–H and O–H groups in total. The van der Waals surface area contributed by atoms with E-state index < -0.39 is 32.9 Å². The van der Waals surface area contributed by atoms with Gasteiger partial charge in [0.25, 0.3) is 0 Å². The second-order valence-corrected chi connectivity index (χ2v) is 10.5. The van der Waals surface area contributed by atoms with Crippen molar-refractivity contribution in [3.63, 3.8) is 0 Å².